The molecule has 2 fully saturated rings. The van der Waals surface area contributed by atoms with Gasteiger partial charge in [0.05, 0.1) is 5.56 Å². The molecule has 1 N–H and O–H groups in total. The summed E-state index contributed by atoms with van der Waals surface area (Å²) in [6.07, 6.45) is 6.18. The van der Waals surface area contributed by atoms with Crippen LogP contribution in [0.3, 0.4) is 0 Å². The van der Waals surface area contributed by atoms with Crippen molar-refractivity contribution >= 4 is 11.7 Å². The molecule has 2 saturated heterocycles. The minimum Gasteiger partial charge on any atom is -0.357 e. The summed E-state index contributed by atoms with van der Waals surface area (Å²) in [4.78, 5) is 21.8. The Morgan fingerprint density at radius 3 is 2.83 bits per heavy atom. The van der Waals surface area contributed by atoms with Gasteiger partial charge in [-0.05, 0) is 51.3 Å². The SMILES string of the molecule is CCCN(CC)c1ccc(C(=O)N2C3CCNCC2CC3)cn1. The molecule has 5 nitrogen and oxygen atoms in total. The quantitative estimate of drug-likeness (QED) is 0.905. The van der Waals surface area contributed by atoms with Crippen LogP contribution in [0.25, 0.3) is 0 Å². The lowest BCUT2D eigenvalue weighted by Gasteiger charge is -2.28. The molecule has 23 heavy (non-hydrogen) atoms. The summed E-state index contributed by atoms with van der Waals surface area (Å²) in [5, 5.41) is 3.44. The molecule has 0 saturated carbocycles. The Kier molecular flexibility index (Phi) is 5.16. The average molecular weight is 316 g/mol. The van der Waals surface area contributed by atoms with Crippen molar-refractivity contribution in [1.29, 1.82) is 0 Å². The van der Waals surface area contributed by atoms with Crippen LogP contribution in [0.2, 0.25) is 0 Å². The van der Waals surface area contributed by atoms with E-state index in [4.69, 9.17) is 0 Å². The first-order valence-electron chi connectivity index (χ1n) is 8.99. The molecule has 2 bridgehead atoms. The van der Waals surface area contributed by atoms with Gasteiger partial charge in [0.15, 0.2) is 0 Å². The summed E-state index contributed by atoms with van der Waals surface area (Å²) in [5.74, 6) is 1.12. The molecular weight excluding hydrogens is 288 g/mol. The third-order valence-electron chi connectivity index (χ3n) is 5.08. The maximum absolute atomic E-state index is 12.9. The number of carbonyl (C=O) groups excluding carboxylic acids is 1. The predicted octanol–water partition coefficient (Wildman–Crippen LogP) is 2.28. The molecule has 126 valence electrons. The highest BCUT2D eigenvalue weighted by Crippen LogP contribution is 2.29. The second-order valence-corrected chi connectivity index (χ2v) is 6.57. The molecule has 1 aromatic rings. The molecule has 0 aromatic carbocycles. The lowest BCUT2D eigenvalue weighted by atomic mass is 10.1. The highest BCUT2D eigenvalue weighted by Gasteiger charge is 2.38. The smallest absolute Gasteiger partial charge is 0.255 e. The predicted molar refractivity (Wildman–Crippen MR) is 92.9 cm³/mol. The molecule has 3 heterocycles. The van der Waals surface area contributed by atoms with Crippen molar-refractivity contribution in [3.05, 3.63) is 23.9 Å². The van der Waals surface area contributed by atoms with Crippen molar-refractivity contribution in [3.8, 4) is 0 Å². The fourth-order valence-electron chi connectivity index (χ4n) is 3.87. The Bertz CT molecular complexity index is 516. The van der Waals surface area contributed by atoms with Crippen molar-refractivity contribution in [3.63, 3.8) is 0 Å². The summed E-state index contributed by atoms with van der Waals surface area (Å²) in [7, 11) is 0. The average Bonchev–Trinajstić information content (AvgIpc) is 2.85. The molecule has 2 aliphatic rings. The Hall–Kier alpha value is -1.62. The number of nitrogens with zero attached hydrogens (tertiary/aromatic N) is 3. The van der Waals surface area contributed by atoms with Gasteiger partial charge < -0.3 is 15.1 Å². The lowest BCUT2D eigenvalue weighted by Crippen LogP contribution is -2.42. The normalized spacial score (nSPS) is 23.7. The number of amides is 1. The largest absolute Gasteiger partial charge is 0.357 e. The minimum absolute atomic E-state index is 0.152. The van der Waals surface area contributed by atoms with E-state index in [1.165, 1.54) is 0 Å². The summed E-state index contributed by atoms with van der Waals surface area (Å²) >= 11 is 0. The Labute approximate surface area is 139 Å². The molecular formula is C18H28N4O. The third-order valence-corrected chi connectivity index (χ3v) is 5.08. The van der Waals surface area contributed by atoms with Gasteiger partial charge in [-0.3, -0.25) is 4.79 Å². The summed E-state index contributed by atoms with van der Waals surface area (Å²) in [5.41, 5.74) is 0.722. The van der Waals surface area contributed by atoms with Crippen LogP contribution in [0.1, 0.15) is 49.9 Å². The molecule has 1 amide bonds. The van der Waals surface area contributed by atoms with Crippen LogP contribution in [0.5, 0.6) is 0 Å². The first-order chi connectivity index (χ1) is 11.2. The van der Waals surface area contributed by atoms with E-state index in [9.17, 15) is 4.79 Å². The number of hydrogen-bond acceptors (Lipinski definition) is 4. The van der Waals surface area contributed by atoms with Crippen molar-refractivity contribution in [2.24, 2.45) is 0 Å². The van der Waals surface area contributed by atoms with Crippen molar-refractivity contribution in [2.75, 3.05) is 31.1 Å². The van der Waals surface area contributed by atoms with Crippen LogP contribution in [0.4, 0.5) is 5.82 Å². The van der Waals surface area contributed by atoms with Gasteiger partial charge in [-0.1, -0.05) is 6.92 Å². The third kappa shape index (κ3) is 3.34. The van der Waals surface area contributed by atoms with Gasteiger partial charge in [0.2, 0.25) is 0 Å². The van der Waals surface area contributed by atoms with E-state index in [2.05, 4.69) is 33.9 Å². The first kappa shape index (κ1) is 16.2. The number of anilines is 1. The highest BCUT2D eigenvalue weighted by atomic mass is 16.2. The van der Waals surface area contributed by atoms with Crippen molar-refractivity contribution in [1.82, 2.24) is 15.2 Å². The summed E-state index contributed by atoms with van der Waals surface area (Å²) in [6, 6.07) is 4.68. The standard InChI is InChI=1S/C18H28N4O/c1-3-11-21(4-2)17-8-5-14(12-20-17)18(23)22-15-6-7-16(22)13-19-10-9-15/h5,8,12,15-16,19H,3-4,6-7,9-11,13H2,1-2H3. The van der Waals surface area contributed by atoms with Crippen LogP contribution in [-0.2, 0) is 0 Å². The number of fused-ring (bicyclic) bond motifs is 2. The van der Waals surface area contributed by atoms with E-state index in [0.717, 1.165) is 63.2 Å². The molecule has 0 radical (unpaired) electrons. The molecule has 2 aliphatic heterocycles. The molecule has 1 aromatic heterocycles. The van der Waals surface area contributed by atoms with Gasteiger partial charge >= 0.3 is 0 Å². The van der Waals surface area contributed by atoms with Crippen LogP contribution < -0.4 is 10.2 Å². The van der Waals surface area contributed by atoms with Crippen LogP contribution in [0, 0.1) is 0 Å². The Morgan fingerprint density at radius 2 is 2.13 bits per heavy atom. The number of pyridine rings is 1. The van der Waals surface area contributed by atoms with Gasteiger partial charge in [-0.2, -0.15) is 0 Å². The topological polar surface area (TPSA) is 48.5 Å². The second kappa shape index (κ2) is 7.30. The highest BCUT2D eigenvalue weighted by molar-refractivity contribution is 5.94. The first-order valence-corrected chi connectivity index (χ1v) is 8.99. The van der Waals surface area contributed by atoms with Crippen LogP contribution >= 0.6 is 0 Å². The fraction of sp³-hybridized carbons (Fsp3) is 0.667. The van der Waals surface area contributed by atoms with E-state index in [-0.39, 0.29) is 5.91 Å². The maximum atomic E-state index is 12.9. The maximum Gasteiger partial charge on any atom is 0.255 e. The number of aromatic nitrogens is 1. The van der Waals surface area contributed by atoms with Gasteiger partial charge in [0, 0.05) is 37.9 Å². The number of rotatable bonds is 5. The van der Waals surface area contributed by atoms with Crippen LogP contribution in [-0.4, -0.2) is 54.1 Å². The number of carbonyl (C=O) groups is 1. The zero-order valence-electron chi connectivity index (χ0n) is 14.3. The molecule has 2 atom stereocenters. The fourth-order valence-corrected chi connectivity index (χ4v) is 3.87. The van der Waals surface area contributed by atoms with Gasteiger partial charge in [0.1, 0.15) is 5.82 Å². The lowest BCUT2D eigenvalue weighted by molar-refractivity contribution is 0.0680. The van der Waals surface area contributed by atoms with E-state index < -0.39 is 0 Å². The Balaban J connectivity index is 1.75. The van der Waals surface area contributed by atoms with Crippen LogP contribution in [0.15, 0.2) is 18.3 Å². The van der Waals surface area contributed by atoms with Gasteiger partial charge in [-0.15, -0.1) is 0 Å². The molecule has 2 unspecified atom stereocenters. The second-order valence-electron chi connectivity index (χ2n) is 6.57. The number of hydrogen-bond donors (Lipinski definition) is 1. The molecule has 3 rings (SSSR count). The molecule has 0 aliphatic carbocycles. The number of nitrogens with one attached hydrogen (secondary N) is 1. The summed E-state index contributed by atoms with van der Waals surface area (Å²) in [6.45, 7) is 8.19. The van der Waals surface area contributed by atoms with Gasteiger partial charge in [-0.25, -0.2) is 4.98 Å². The summed E-state index contributed by atoms with van der Waals surface area (Å²) < 4.78 is 0. The monoisotopic (exact) mass is 316 g/mol. The molecule has 5 heteroatoms. The molecule has 0 spiro atoms. The van der Waals surface area contributed by atoms with E-state index in [0.29, 0.717) is 12.1 Å². The Morgan fingerprint density at radius 1 is 1.30 bits per heavy atom. The van der Waals surface area contributed by atoms with E-state index in [1.54, 1.807) is 6.20 Å². The zero-order chi connectivity index (χ0) is 16.2. The van der Waals surface area contributed by atoms with Crippen molar-refractivity contribution in [2.45, 2.75) is 51.6 Å². The van der Waals surface area contributed by atoms with Crippen molar-refractivity contribution < 1.29 is 4.79 Å². The van der Waals surface area contributed by atoms with E-state index in [1.807, 2.05) is 12.1 Å². The van der Waals surface area contributed by atoms with Gasteiger partial charge in [0.25, 0.3) is 5.91 Å². The zero-order valence-corrected chi connectivity index (χ0v) is 14.3. The van der Waals surface area contributed by atoms with E-state index >= 15 is 0 Å². The minimum atomic E-state index is 0.152.